The predicted molar refractivity (Wildman–Crippen MR) is 82.2 cm³/mol. The number of hydrogen-bond acceptors (Lipinski definition) is 5. The highest BCUT2D eigenvalue weighted by molar-refractivity contribution is 5.88. The second-order valence-corrected chi connectivity index (χ2v) is 5.95. The SMILES string of the molecule is COC(=O)C1CCC(=O)N1C(C)CCc1ccc2c(c1)OCO2. The zero-order chi connectivity index (χ0) is 16.4. The second-order valence-electron chi connectivity index (χ2n) is 5.95. The normalized spacial score (nSPS) is 20.7. The summed E-state index contributed by atoms with van der Waals surface area (Å²) in [5.41, 5.74) is 1.13. The molecular formula is C17H21NO5. The molecule has 0 saturated carbocycles. The summed E-state index contributed by atoms with van der Waals surface area (Å²) in [7, 11) is 1.36. The molecule has 1 fully saturated rings. The van der Waals surface area contributed by atoms with E-state index in [9.17, 15) is 9.59 Å². The molecule has 2 aliphatic rings. The van der Waals surface area contributed by atoms with Crippen LogP contribution in [0.1, 0.15) is 31.7 Å². The van der Waals surface area contributed by atoms with E-state index in [1.807, 2.05) is 25.1 Å². The van der Waals surface area contributed by atoms with Crippen LogP contribution in [0.4, 0.5) is 0 Å². The third-order valence-corrected chi connectivity index (χ3v) is 4.49. The Morgan fingerprint density at radius 2 is 2.17 bits per heavy atom. The van der Waals surface area contributed by atoms with Crippen LogP contribution in [0.15, 0.2) is 18.2 Å². The third-order valence-electron chi connectivity index (χ3n) is 4.49. The lowest BCUT2D eigenvalue weighted by molar-refractivity contribution is -0.150. The van der Waals surface area contributed by atoms with Crippen molar-refractivity contribution in [2.75, 3.05) is 13.9 Å². The highest BCUT2D eigenvalue weighted by Crippen LogP contribution is 2.33. The molecule has 0 aliphatic carbocycles. The summed E-state index contributed by atoms with van der Waals surface area (Å²) < 4.78 is 15.5. The van der Waals surface area contributed by atoms with Crippen molar-refractivity contribution >= 4 is 11.9 Å². The van der Waals surface area contributed by atoms with Crippen molar-refractivity contribution in [1.82, 2.24) is 4.90 Å². The van der Waals surface area contributed by atoms with Gasteiger partial charge in [0.2, 0.25) is 12.7 Å². The summed E-state index contributed by atoms with van der Waals surface area (Å²) in [5.74, 6) is 1.23. The van der Waals surface area contributed by atoms with E-state index >= 15 is 0 Å². The van der Waals surface area contributed by atoms with Gasteiger partial charge in [0.15, 0.2) is 11.5 Å². The first kappa shape index (κ1) is 15.6. The Hall–Kier alpha value is -2.24. The van der Waals surface area contributed by atoms with E-state index in [4.69, 9.17) is 14.2 Å². The maximum Gasteiger partial charge on any atom is 0.328 e. The highest BCUT2D eigenvalue weighted by atomic mass is 16.7. The molecule has 23 heavy (non-hydrogen) atoms. The van der Waals surface area contributed by atoms with Gasteiger partial charge < -0.3 is 19.1 Å². The van der Waals surface area contributed by atoms with Crippen molar-refractivity contribution in [3.8, 4) is 11.5 Å². The minimum atomic E-state index is -0.445. The summed E-state index contributed by atoms with van der Waals surface area (Å²) in [5, 5.41) is 0. The Kier molecular flexibility index (Phi) is 4.41. The lowest BCUT2D eigenvalue weighted by Gasteiger charge is -2.29. The van der Waals surface area contributed by atoms with Crippen LogP contribution in [0, 0.1) is 0 Å². The molecule has 2 unspecified atom stereocenters. The van der Waals surface area contributed by atoms with Gasteiger partial charge in [0, 0.05) is 12.5 Å². The molecule has 124 valence electrons. The average molecular weight is 319 g/mol. The van der Waals surface area contributed by atoms with E-state index in [-0.39, 0.29) is 24.7 Å². The Balaban J connectivity index is 1.63. The van der Waals surface area contributed by atoms with Crippen LogP contribution in [0.3, 0.4) is 0 Å². The average Bonchev–Trinajstić information content (AvgIpc) is 3.17. The number of carbonyl (C=O) groups excluding carboxylic acids is 2. The molecule has 1 amide bonds. The number of esters is 1. The van der Waals surface area contributed by atoms with Gasteiger partial charge in [0.1, 0.15) is 6.04 Å². The summed E-state index contributed by atoms with van der Waals surface area (Å²) >= 11 is 0. The molecule has 2 aliphatic heterocycles. The molecule has 6 heteroatoms. The zero-order valence-electron chi connectivity index (χ0n) is 13.4. The third kappa shape index (κ3) is 3.11. The first-order valence-electron chi connectivity index (χ1n) is 7.87. The zero-order valence-corrected chi connectivity index (χ0v) is 13.4. The van der Waals surface area contributed by atoms with Crippen LogP contribution < -0.4 is 9.47 Å². The number of ether oxygens (including phenoxy) is 3. The first-order chi connectivity index (χ1) is 11.1. The number of methoxy groups -OCH3 is 1. The van der Waals surface area contributed by atoms with Crippen LogP contribution in [-0.4, -0.2) is 42.8 Å². The number of nitrogens with zero attached hydrogens (tertiary/aromatic N) is 1. The summed E-state index contributed by atoms with van der Waals surface area (Å²) in [6.07, 6.45) is 2.53. The fourth-order valence-corrected chi connectivity index (χ4v) is 3.23. The molecular weight excluding hydrogens is 298 g/mol. The molecule has 1 aromatic carbocycles. The number of hydrogen-bond donors (Lipinski definition) is 0. The molecule has 6 nitrogen and oxygen atoms in total. The van der Waals surface area contributed by atoms with Gasteiger partial charge in [-0.05, 0) is 43.9 Å². The fraction of sp³-hybridized carbons (Fsp3) is 0.529. The van der Waals surface area contributed by atoms with Gasteiger partial charge in [-0.15, -0.1) is 0 Å². The lowest BCUT2D eigenvalue weighted by atomic mass is 10.0. The number of benzene rings is 1. The smallest absolute Gasteiger partial charge is 0.328 e. The van der Waals surface area contributed by atoms with Gasteiger partial charge in [-0.2, -0.15) is 0 Å². The van der Waals surface area contributed by atoms with Crippen molar-refractivity contribution in [2.45, 2.75) is 44.7 Å². The number of carbonyl (C=O) groups is 2. The van der Waals surface area contributed by atoms with Gasteiger partial charge in [-0.1, -0.05) is 6.07 Å². The Labute approximate surface area is 135 Å². The number of rotatable bonds is 5. The Morgan fingerprint density at radius 3 is 2.96 bits per heavy atom. The van der Waals surface area contributed by atoms with Gasteiger partial charge in [0.25, 0.3) is 0 Å². The van der Waals surface area contributed by atoms with Gasteiger partial charge >= 0.3 is 5.97 Å². The van der Waals surface area contributed by atoms with Crippen molar-refractivity contribution in [2.24, 2.45) is 0 Å². The van der Waals surface area contributed by atoms with Gasteiger partial charge in [-0.25, -0.2) is 4.79 Å². The van der Waals surface area contributed by atoms with Crippen LogP contribution >= 0.6 is 0 Å². The van der Waals surface area contributed by atoms with Gasteiger partial charge in [0.05, 0.1) is 7.11 Å². The van der Waals surface area contributed by atoms with Crippen LogP contribution in [-0.2, 0) is 20.7 Å². The maximum absolute atomic E-state index is 12.1. The summed E-state index contributed by atoms with van der Waals surface area (Å²) in [6, 6.07) is 5.42. The molecule has 0 N–H and O–H groups in total. The van der Waals surface area contributed by atoms with E-state index in [0.29, 0.717) is 12.8 Å². The number of likely N-dealkylation sites (tertiary alicyclic amines) is 1. The van der Waals surface area contributed by atoms with Gasteiger partial charge in [-0.3, -0.25) is 4.79 Å². The van der Waals surface area contributed by atoms with Crippen LogP contribution in [0.25, 0.3) is 0 Å². The predicted octanol–water partition coefficient (Wildman–Crippen LogP) is 1.90. The highest BCUT2D eigenvalue weighted by Gasteiger charge is 2.39. The molecule has 2 heterocycles. The van der Waals surface area contributed by atoms with Crippen molar-refractivity contribution < 1.29 is 23.8 Å². The quantitative estimate of drug-likeness (QED) is 0.776. The largest absolute Gasteiger partial charge is 0.467 e. The monoisotopic (exact) mass is 319 g/mol. The molecule has 0 bridgehead atoms. The van der Waals surface area contributed by atoms with Crippen molar-refractivity contribution in [1.29, 1.82) is 0 Å². The van der Waals surface area contributed by atoms with E-state index in [1.165, 1.54) is 7.11 Å². The molecule has 0 radical (unpaired) electrons. The topological polar surface area (TPSA) is 65.1 Å². The second kappa shape index (κ2) is 6.48. The minimum absolute atomic E-state index is 0.0143. The standard InChI is InChI=1S/C17H21NO5/c1-11(18-13(17(20)21-2)6-8-16(18)19)3-4-12-5-7-14-15(9-12)23-10-22-14/h5,7,9,11,13H,3-4,6,8,10H2,1-2H3. The Morgan fingerprint density at radius 1 is 1.39 bits per heavy atom. The van der Waals surface area contributed by atoms with Crippen LogP contribution in [0.2, 0.25) is 0 Å². The summed E-state index contributed by atoms with van der Waals surface area (Å²) in [4.78, 5) is 25.6. The molecule has 1 saturated heterocycles. The molecule has 3 rings (SSSR count). The van der Waals surface area contributed by atoms with E-state index < -0.39 is 6.04 Å². The molecule has 0 aromatic heterocycles. The number of aryl methyl sites for hydroxylation is 1. The first-order valence-corrected chi connectivity index (χ1v) is 7.87. The molecule has 1 aromatic rings. The lowest BCUT2D eigenvalue weighted by Crippen LogP contribution is -2.44. The van der Waals surface area contributed by atoms with E-state index in [2.05, 4.69) is 0 Å². The van der Waals surface area contributed by atoms with Crippen molar-refractivity contribution in [3.05, 3.63) is 23.8 Å². The van der Waals surface area contributed by atoms with Crippen molar-refractivity contribution in [3.63, 3.8) is 0 Å². The summed E-state index contributed by atoms with van der Waals surface area (Å²) in [6.45, 7) is 2.24. The minimum Gasteiger partial charge on any atom is -0.467 e. The Bertz CT molecular complexity index is 615. The molecule has 2 atom stereocenters. The van der Waals surface area contributed by atoms with E-state index in [1.54, 1.807) is 4.90 Å². The maximum atomic E-state index is 12.1. The number of fused-ring (bicyclic) bond motifs is 1. The van der Waals surface area contributed by atoms with Crippen LogP contribution in [0.5, 0.6) is 11.5 Å². The van der Waals surface area contributed by atoms with E-state index in [0.717, 1.165) is 29.9 Å². The molecule has 0 spiro atoms. The fourth-order valence-electron chi connectivity index (χ4n) is 3.23. The number of amides is 1.